The van der Waals surface area contributed by atoms with Gasteiger partial charge in [-0.1, -0.05) is 6.07 Å². The summed E-state index contributed by atoms with van der Waals surface area (Å²) in [4.78, 5) is 30.3. The van der Waals surface area contributed by atoms with E-state index in [-0.39, 0.29) is 11.6 Å². The van der Waals surface area contributed by atoms with Crippen LogP contribution in [0.5, 0.6) is 0 Å². The van der Waals surface area contributed by atoms with Crippen molar-refractivity contribution in [3.8, 4) is 0 Å². The number of rotatable bonds is 3. The topological polar surface area (TPSA) is 62.3 Å². The summed E-state index contributed by atoms with van der Waals surface area (Å²) in [6.45, 7) is 1.44. The Labute approximate surface area is 133 Å². The third-order valence-corrected chi connectivity index (χ3v) is 3.72. The summed E-state index contributed by atoms with van der Waals surface area (Å²) in [7, 11) is 0. The zero-order valence-electron chi connectivity index (χ0n) is 12.5. The number of aromatic nitrogens is 1. The molecule has 1 N–H and O–H groups in total. The van der Waals surface area contributed by atoms with E-state index in [0.29, 0.717) is 11.3 Å². The van der Waals surface area contributed by atoms with Gasteiger partial charge in [0, 0.05) is 30.5 Å². The summed E-state index contributed by atoms with van der Waals surface area (Å²) in [5.41, 5.74) is 0.921. The van der Waals surface area contributed by atoms with Crippen LogP contribution >= 0.6 is 0 Å². The number of pyridine rings is 1. The molecule has 23 heavy (non-hydrogen) atoms. The second kappa shape index (κ2) is 6.56. The van der Waals surface area contributed by atoms with E-state index in [9.17, 15) is 14.0 Å². The number of hydrogen-bond acceptors (Lipinski definition) is 3. The maximum Gasteiger partial charge on any atom is 0.272 e. The fourth-order valence-corrected chi connectivity index (χ4v) is 2.54. The highest BCUT2D eigenvalue weighted by molar-refractivity contribution is 6.05. The van der Waals surface area contributed by atoms with Gasteiger partial charge in [-0.2, -0.15) is 0 Å². The SMILES string of the molecule is O=C(Nc1cccc(F)c1)c1ccnc(C(=O)N2CCCC2)c1. The molecule has 1 fully saturated rings. The summed E-state index contributed by atoms with van der Waals surface area (Å²) in [6.07, 6.45) is 3.42. The van der Waals surface area contributed by atoms with Crippen LogP contribution in [0.1, 0.15) is 33.7 Å². The molecule has 2 heterocycles. The van der Waals surface area contributed by atoms with Gasteiger partial charge in [0.05, 0.1) is 0 Å². The summed E-state index contributed by atoms with van der Waals surface area (Å²) >= 11 is 0. The van der Waals surface area contributed by atoms with Crippen LogP contribution in [0.25, 0.3) is 0 Å². The Kier molecular flexibility index (Phi) is 4.32. The largest absolute Gasteiger partial charge is 0.337 e. The van der Waals surface area contributed by atoms with Crippen LogP contribution in [-0.2, 0) is 0 Å². The minimum Gasteiger partial charge on any atom is -0.337 e. The lowest BCUT2D eigenvalue weighted by atomic mass is 10.2. The van der Waals surface area contributed by atoms with E-state index in [0.717, 1.165) is 25.9 Å². The summed E-state index contributed by atoms with van der Waals surface area (Å²) in [5, 5.41) is 2.60. The first-order valence-electron chi connectivity index (χ1n) is 7.46. The van der Waals surface area contributed by atoms with Crippen LogP contribution < -0.4 is 5.32 Å². The third kappa shape index (κ3) is 3.53. The summed E-state index contributed by atoms with van der Waals surface area (Å²) in [5.74, 6) is -1.00. The van der Waals surface area contributed by atoms with E-state index in [2.05, 4.69) is 10.3 Å². The van der Waals surface area contributed by atoms with E-state index in [1.165, 1.54) is 36.5 Å². The molecule has 0 atom stereocenters. The van der Waals surface area contributed by atoms with Crippen LogP contribution in [-0.4, -0.2) is 34.8 Å². The van der Waals surface area contributed by atoms with Crippen molar-refractivity contribution < 1.29 is 14.0 Å². The molecular formula is C17H16FN3O2. The number of amides is 2. The molecule has 5 nitrogen and oxygen atoms in total. The molecule has 1 aliphatic rings. The summed E-state index contributed by atoms with van der Waals surface area (Å²) in [6, 6.07) is 8.63. The Morgan fingerprint density at radius 1 is 1.13 bits per heavy atom. The molecule has 2 amide bonds. The molecule has 0 aliphatic carbocycles. The fourth-order valence-electron chi connectivity index (χ4n) is 2.54. The molecule has 6 heteroatoms. The highest BCUT2D eigenvalue weighted by Gasteiger charge is 2.21. The van der Waals surface area contributed by atoms with Gasteiger partial charge in [0.15, 0.2) is 0 Å². The van der Waals surface area contributed by atoms with Gasteiger partial charge in [0.25, 0.3) is 11.8 Å². The second-order valence-corrected chi connectivity index (χ2v) is 5.39. The number of nitrogens with one attached hydrogen (secondary N) is 1. The van der Waals surface area contributed by atoms with E-state index < -0.39 is 11.7 Å². The van der Waals surface area contributed by atoms with Crippen molar-refractivity contribution in [2.75, 3.05) is 18.4 Å². The standard InChI is InChI=1S/C17H16FN3O2/c18-13-4-3-5-14(11-13)20-16(22)12-6-7-19-15(10-12)17(23)21-8-1-2-9-21/h3-7,10-11H,1-2,8-9H2,(H,20,22). The molecular weight excluding hydrogens is 297 g/mol. The lowest BCUT2D eigenvalue weighted by molar-refractivity contribution is 0.0787. The molecule has 1 aromatic carbocycles. The van der Waals surface area contributed by atoms with E-state index >= 15 is 0 Å². The van der Waals surface area contributed by atoms with Crippen LogP contribution in [0.15, 0.2) is 42.6 Å². The zero-order valence-corrected chi connectivity index (χ0v) is 12.5. The van der Waals surface area contributed by atoms with Gasteiger partial charge < -0.3 is 10.2 Å². The molecule has 0 saturated carbocycles. The number of halogens is 1. The Bertz CT molecular complexity index is 742. The van der Waals surface area contributed by atoms with Crippen LogP contribution in [0.4, 0.5) is 10.1 Å². The quantitative estimate of drug-likeness (QED) is 0.947. The molecule has 2 aromatic rings. The lowest BCUT2D eigenvalue weighted by Crippen LogP contribution is -2.28. The van der Waals surface area contributed by atoms with E-state index in [1.807, 2.05) is 0 Å². The minimum absolute atomic E-state index is 0.164. The van der Waals surface area contributed by atoms with Crippen molar-refractivity contribution in [3.05, 3.63) is 59.7 Å². The van der Waals surface area contributed by atoms with Crippen molar-refractivity contribution in [2.45, 2.75) is 12.8 Å². The van der Waals surface area contributed by atoms with E-state index in [4.69, 9.17) is 0 Å². The van der Waals surface area contributed by atoms with Gasteiger partial charge in [-0.15, -0.1) is 0 Å². The monoisotopic (exact) mass is 313 g/mol. The van der Waals surface area contributed by atoms with Crippen molar-refractivity contribution in [1.82, 2.24) is 9.88 Å². The van der Waals surface area contributed by atoms with Gasteiger partial charge in [-0.05, 0) is 43.2 Å². The molecule has 0 radical (unpaired) electrons. The number of nitrogens with zero attached hydrogens (tertiary/aromatic N) is 2. The van der Waals surface area contributed by atoms with Gasteiger partial charge >= 0.3 is 0 Å². The number of hydrogen-bond donors (Lipinski definition) is 1. The molecule has 3 rings (SSSR count). The molecule has 118 valence electrons. The maximum absolute atomic E-state index is 13.2. The Morgan fingerprint density at radius 3 is 2.65 bits per heavy atom. The molecule has 1 saturated heterocycles. The molecule has 0 bridgehead atoms. The Hall–Kier alpha value is -2.76. The average molecular weight is 313 g/mol. The highest BCUT2D eigenvalue weighted by atomic mass is 19.1. The molecule has 0 spiro atoms. The number of benzene rings is 1. The van der Waals surface area contributed by atoms with Crippen molar-refractivity contribution in [3.63, 3.8) is 0 Å². The molecule has 1 aromatic heterocycles. The van der Waals surface area contributed by atoms with Crippen molar-refractivity contribution >= 4 is 17.5 Å². The third-order valence-electron chi connectivity index (χ3n) is 3.72. The van der Waals surface area contributed by atoms with Gasteiger partial charge in [0.2, 0.25) is 0 Å². The predicted octanol–water partition coefficient (Wildman–Crippen LogP) is 2.71. The van der Waals surface area contributed by atoms with Crippen molar-refractivity contribution in [1.29, 1.82) is 0 Å². The number of anilines is 1. The number of carbonyl (C=O) groups is 2. The minimum atomic E-state index is -0.428. The summed E-state index contributed by atoms with van der Waals surface area (Å²) < 4.78 is 13.2. The smallest absolute Gasteiger partial charge is 0.272 e. The van der Waals surface area contributed by atoms with Crippen LogP contribution in [0.3, 0.4) is 0 Å². The van der Waals surface area contributed by atoms with E-state index in [1.54, 1.807) is 11.0 Å². The normalized spacial score (nSPS) is 13.9. The molecule has 0 unspecified atom stereocenters. The van der Waals surface area contributed by atoms with Gasteiger partial charge in [-0.3, -0.25) is 14.6 Å². The van der Waals surface area contributed by atoms with Crippen LogP contribution in [0.2, 0.25) is 0 Å². The number of carbonyl (C=O) groups excluding carboxylic acids is 2. The maximum atomic E-state index is 13.2. The van der Waals surface area contributed by atoms with Gasteiger partial charge in [-0.25, -0.2) is 4.39 Å². The van der Waals surface area contributed by atoms with Crippen LogP contribution in [0, 0.1) is 5.82 Å². The average Bonchev–Trinajstić information content (AvgIpc) is 3.09. The second-order valence-electron chi connectivity index (χ2n) is 5.39. The fraction of sp³-hybridized carbons (Fsp3) is 0.235. The zero-order chi connectivity index (χ0) is 16.2. The first-order chi connectivity index (χ1) is 11.1. The highest BCUT2D eigenvalue weighted by Crippen LogP contribution is 2.14. The van der Waals surface area contributed by atoms with Gasteiger partial charge in [0.1, 0.15) is 11.5 Å². The molecule has 1 aliphatic heterocycles. The lowest BCUT2D eigenvalue weighted by Gasteiger charge is -2.14. The Balaban J connectivity index is 1.76. The number of likely N-dealkylation sites (tertiary alicyclic amines) is 1. The first kappa shape index (κ1) is 15.1. The Morgan fingerprint density at radius 2 is 1.91 bits per heavy atom. The first-order valence-corrected chi connectivity index (χ1v) is 7.46. The predicted molar refractivity (Wildman–Crippen MR) is 83.7 cm³/mol. The van der Waals surface area contributed by atoms with Crippen molar-refractivity contribution in [2.24, 2.45) is 0 Å².